The lowest BCUT2D eigenvalue weighted by Gasteiger charge is -2.23. The number of hydrogen-bond donors (Lipinski definition) is 1. The van der Waals surface area contributed by atoms with Crippen molar-refractivity contribution in [3.05, 3.63) is 24.3 Å². The summed E-state index contributed by atoms with van der Waals surface area (Å²) in [6.45, 7) is 1.03. The number of hydrogen-bond acceptors (Lipinski definition) is 4. The van der Waals surface area contributed by atoms with E-state index < -0.39 is 24.9 Å². The standard InChI is InChI=1S/C16H18F3N3O2/c17-16(18,19)8-7-14(23)20-10-11-4-3-9-22(11)15-21-12-5-1-2-6-13(12)24-15/h1-2,5-6,11H,3-4,7-10H2,(H,20,23). The Kier molecular flexibility index (Phi) is 4.64. The Labute approximate surface area is 136 Å². The number of carbonyl (C=O) groups excluding carboxylic acids is 1. The Balaban J connectivity index is 1.58. The van der Waals surface area contributed by atoms with E-state index in [0.29, 0.717) is 11.6 Å². The molecule has 0 aliphatic carbocycles. The number of fused-ring (bicyclic) bond motifs is 1. The number of aromatic nitrogens is 1. The van der Waals surface area contributed by atoms with Crippen LogP contribution in [0.15, 0.2) is 28.7 Å². The second-order valence-corrected chi connectivity index (χ2v) is 5.87. The molecule has 130 valence electrons. The molecule has 3 rings (SSSR count). The first-order valence-electron chi connectivity index (χ1n) is 7.88. The van der Waals surface area contributed by atoms with Crippen LogP contribution in [0.4, 0.5) is 19.2 Å². The molecule has 8 heteroatoms. The highest BCUT2D eigenvalue weighted by Gasteiger charge is 2.30. The normalized spacial score (nSPS) is 18.3. The molecule has 5 nitrogen and oxygen atoms in total. The predicted molar refractivity (Wildman–Crippen MR) is 82.7 cm³/mol. The average Bonchev–Trinajstić information content (AvgIpc) is 3.15. The zero-order valence-electron chi connectivity index (χ0n) is 13.0. The van der Waals surface area contributed by atoms with Crippen LogP contribution >= 0.6 is 0 Å². The van der Waals surface area contributed by atoms with Crippen LogP contribution in [0.1, 0.15) is 25.7 Å². The van der Waals surface area contributed by atoms with E-state index in [9.17, 15) is 18.0 Å². The van der Waals surface area contributed by atoms with Gasteiger partial charge in [0.25, 0.3) is 6.01 Å². The van der Waals surface area contributed by atoms with Crippen molar-refractivity contribution >= 4 is 23.0 Å². The summed E-state index contributed by atoms with van der Waals surface area (Å²) >= 11 is 0. The molecule has 1 unspecified atom stereocenters. The number of para-hydroxylation sites is 2. The summed E-state index contributed by atoms with van der Waals surface area (Å²) in [5.41, 5.74) is 1.44. The first-order chi connectivity index (χ1) is 11.4. The van der Waals surface area contributed by atoms with Gasteiger partial charge in [0.2, 0.25) is 5.91 Å². The van der Waals surface area contributed by atoms with E-state index >= 15 is 0 Å². The maximum atomic E-state index is 12.1. The quantitative estimate of drug-likeness (QED) is 0.907. The first-order valence-corrected chi connectivity index (χ1v) is 7.88. The van der Waals surface area contributed by atoms with Gasteiger partial charge in [0.05, 0.1) is 12.5 Å². The van der Waals surface area contributed by atoms with Crippen LogP contribution in [0.2, 0.25) is 0 Å². The Bertz CT molecular complexity index is 681. The molecule has 0 bridgehead atoms. The maximum absolute atomic E-state index is 12.1. The van der Waals surface area contributed by atoms with Crippen molar-refractivity contribution in [1.82, 2.24) is 10.3 Å². The lowest BCUT2D eigenvalue weighted by atomic mass is 10.2. The van der Waals surface area contributed by atoms with Crippen molar-refractivity contribution in [1.29, 1.82) is 0 Å². The number of halogens is 3. The molecule has 1 amide bonds. The van der Waals surface area contributed by atoms with Gasteiger partial charge in [-0.05, 0) is 25.0 Å². The van der Waals surface area contributed by atoms with E-state index in [2.05, 4.69) is 10.3 Å². The summed E-state index contributed by atoms with van der Waals surface area (Å²) in [6.07, 6.45) is -4.20. The lowest BCUT2D eigenvalue weighted by Crippen LogP contribution is -2.40. The van der Waals surface area contributed by atoms with Gasteiger partial charge in [-0.2, -0.15) is 18.2 Å². The molecule has 1 saturated heterocycles. The highest BCUT2D eigenvalue weighted by atomic mass is 19.4. The summed E-state index contributed by atoms with van der Waals surface area (Å²) in [6, 6.07) is 7.88. The molecule has 1 aliphatic rings. The molecule has 1 N–H and O–H groups in total. The van der Waals surface area contributed by atoms with Gasteiger partial charge in [-0.25, -0.2) is 0 Å². The largest absolute Gasteiger partial charge is 0.423 e. The Morgan fingerprint density at radius 1 is 1.38 bits per heavy atom. The third-order valence-corrected chi connectivity index (χ3v) is 4.08. The summed E-state index contributed by atoms with van der Waals surface area (Å²) in [5, 5.41) is 2.58. The van der Waals surface area contributed by atoms with Crippen LogP contribution in [0.5, 0.6) is 0 Å². The van der Waals surface area contributed by atoms with Gasteiger partial charge >= 0.3 is 6.18 Å². The Hall–Kier alpha value is -2.25. The van der Waals surface area contributed by atoms with Crippen molar-refractivity contribution in [2.45, 2.75) is 37.9 Å². The van der Waals surface area contributed by atoms with Gasteiger partial charge in [-0.3, -0.25) is 4.79 Å². The summed E-state index contributed by atoms with van der Waals surface area (Å²) in [7, 11) is 0. The van der Waals surface area contributed by atoms with Crippen LogP contribution in [-0.2, 0) is 4.79 Å². The summed E-state index contributed by atoms with van der Waals surface area (Å²) in [4.78, 5) is 18.0. The zero-order valence-corrected chi connectivity index (χ0v) is 13.0. The molecule has 24 heavy (non-hydrogen) atoms. The highest BCUT2D eigenvalue weighted by molar-refractivity contribution is 5.76. The van der Waals surface area contributed by atoms with Crippen LogP contribution in [0, 0.1) is 0 Å². The first kappa shape index (κ1) is 16.6. The van der Waals surface area contributed by atoms with Crippen molar-refractivity contribution < 1.29 is 22.4 Å². The third-order valence-electron chi connectivity index (χ3n) is 4.08. The number of nitrogens with one attached hydrogen (secondary N) is 1. The smallest absolute Gasteiger partial charge is 0.389 e. The van der Waals surface area contributed by atoms with Crippen molar-refractivity contribution in [2.24, 2.45) is 0 Å². The van der Waals surface area contributed by atoms with Gasteiger partial charge in [0.15, 0.2) is 5.58 Å². The molecular weight excluding hydrogens is 323 g/mol. The number of anilines is 1. The molecule has 2 aromatic rings. The fraction of sp³-hybridized carbons (Fsp3) is 0.500. The number of benzene rings is 1. The molecule has 1 aromatic heterocycles. The fourth-order valence-electron chi connectivity index (χ4n) is 2.86. The predicted octanol–water partition coefficient (Wildman–Crippen LogP) is 3.26. The van der Waals surface area contributed by atoms with Gasteiger partial charge in [0.1, 0.15) is 5.52 Å². The fourth-order valence-corrected chi connectivity index (χ4v) is 2.86. The molecule has 1 aliphatic heterocycles. The molecular formula is C16H18F3N3O2. The number of amides is 1. The maximum Gasteiger partial charge on any atom is 0.389 e. The molecule has 1 fully saturated rings. The molecule has 2 heterocycles. The minimum absolute atomic E-state index is 0.0205. The summed E-state index contributed by atoms with van der Waals surface area (Å²) in [5.74, 6) is -0.586. The van der Waals surface area contributed by atoms with Gasteiger partial charge in [-0.15, -0.1) is 0 Å². The van der Waals surface area contributed by atoms with Gasteiger partial charge in [-0.1, -0.05) is 12.1 Å². The van der Waals surface area contributed by atoms with Gasteiger partial charge < -0.3 is 14.6 Å². The lowest BCUT2D eigenvalue weighted by molar-refractivity contribution is -0.144. The third kappa shape index (κ3) is 3.98. The van der Waals surface area contributed by atoms with Crippen LogP contribution in [-0.4, -0.2) is 36.2 Å². The number of alkyl halides is 3. The summed E-state index contributed by atoms with van der Waals surface area (Å²) < 4.78 is 42.1. The zero-order chi connectivity index (χ0) is 17.2. The number of oxazole rings is 1. The topological polar surface area (TPSA) is 58.4 Å². The van der Waals surface area contributed by atoms with Crippen LogP contribution < -0.4 is 10.2 Å². The van der Waals surface area contributed by atoms with Crippen molar-refractivity contribution in [2.75, 3.05) is 18.0 Å². The van der Waals surface area contributed by atoms with E-state index in [0.717, 1.165) is 24.9 Å². The second kappa shape index (κ2) is 6.70. The monoisotopic (exact) mass is 341 g/mol. The highest BCUT2D eigenvalue weighted by Crippen LogP contribution is 2.28. The van der Waals surface area contributed by atoms with Gasteiger partial charge in [0, 0.05) is 19.5 Å². The molecule has 0 radical (unpaired) electrons. The van der Waals surface area contributed by atoms with E-state index in [-0.39, 0.29) is 12.6 Å². The van der Waals surface area contributed by atoms with E-state index in [1.54, 1.807) is 0 Å². The molecule has 1 atom stereocenters. The van der Waals surface area contributed by atoms with Crippen LogP contribution in [0.3, 0.4) is 0 Å². The molecule has 0 spiro atoms. The molecule has 1 aromatic carbocycles. The van der Waals surface area contributed by atoms with E-state index in [1.807, 2.05) is 29.2 Å². The second-order valence-electron chi connectivity index (χ2n) is 5.87. The van der Waals surface area contributed by atoms with E-state index in [4.69, 9.17) is 4.42 Å². The number of rotatable bonds is 5. The Morgan fingerprint density at radius 2 is 2.17 bits per heavy atom. The Morgan fingerprint density at radius 3 is 2.92 bits per heavy atom. The van der Waals surface area contributed by atoms with Crippen molar-refractivity contribution in [3.8, 4) is 0 Å². The van der Waals surface area contributed by atoms with Crippen LogP contribution in [0.25, 0.3) is 11.1 Å². The number of nitrogens with zero attached hydrogens (tertiary/aromatic N) is 2. The minimum Gasteiger partial charge on any atom is -0.423 e. The van der Waals surface area contributed by atoms with E-state index in [1.165, 1.54) is 0 Å². The minimum atomic E-state index is -4.31. The number of carbonyl (C=O) groups is 1. The van der Waals surface area contributed by atoms with Crippen molar-refractivity contribution in [3.63, 3.8) is 0 Å². The molecule has 0 saturated carbocycles. The average molecular weight is 341 g/mol. The SMILES string of the molecule is O=C(CCC(F)(F)F)NCC1CCCN1c1nc2ccccc2o1.